The molecule has 27 heavy (non-hydrogen) atoms. The molecule has 2 unspecified atom stereocenters. The number of hydrogen-bond acceptors (Lipinski definition) is 4. The van der Waals surface area contributed by atoms with Crippen LogP contribution in [0.1, 0.15) is 44.8 Å². The average Bonchev–Trinajstić information content (AvgIpc) is 3.33. The van der Waals surface area contributed by atoms with E-state index in [1.165, 1.54) is 32.4 Å². The summed E-state index contributed by atoms with van der Waals surface area (Å²) in [7, 11) is 3.82. The highest BCUT2D eigenvalue weighted by Crippen LogP contribution is 2.22. The van der Waals surface area contributed by atoms with Gasteiger partial charge in [0.2, 0.25) is 0 Å². The standard InChI is InChI=1S/C20H36N6O/c1-16(2)11-18(25-7-5-6-8-25)13-22-20(21-3)26-9-10-27-19(15-26)17-12-23-24(4)14-17/h12,14,16,18-19H,5-11,13,15H2,1-4H3,(H,21,22). The van der Waals surface area contributed by atoms with Crippen LogP contribution >= 0.6 is 0 Å². The Hall–Kier alpha value is -1.60. The molecule has 0 saturated carbocycles. The first kappa shape index (κ1) is 20.1. The molecule has 7 nitrogen and oxygen atoms in total. The molecule has 1 aromatic rings. The predicted molar refractivity (Wildman–Crippen MR) is 109 cm³/mol. The Morgan fingerprint density at radius 1 is 1.33 bits per heavy atom. The molecule has 2 saturated heterocycles. The number of rotatable bonds is 6. The summed E-state index contributed by atoms with van der Waals surface area (Å²) >= 11 is 0. The molecule has 0 spiro atoms. The van der Waals surface area contributed by atoms with Crippen molar-refractivity contribution < 1.29 is 4.74 Å². The highest BCUT2D eigenvalue weighted by Gasteiger charge is 2.27. The molecule has 1 N–H and O–H groups in total. The van der Waals surface area contributed by atoms with Gasteiger partial charge in [-0.3, -0.25) is 14.6 Å². The third-order valence-electron chi connectivity index (χ3n) is 5.57. The van der Waals surface area contributed by atoms with E-state index in [9.17, 15) is 0 Å². The molecule has 152 valence electrons. The lowest BCUT2D eigenvalue weighted by atomic mass is 10.0. The van der Waals surface area contributed by atoms with Crippen LogP contribution in [0, 0.1) is 5.92 Å². The molecular weight excluding hydrogens is 340 g/mol. The van der Waals surface area contributed by atoms with Crippen LogP contribution in [-0.4, -0.2) is 78.0 Å². The summed E-state index contributed by atoms with van der Waals surface area (Å²) in [6, 6.07) is 0.583. The second-order valence-electron chi connectivity index (χ2n) is 8.21. The van der Waals surface area contributed by atoms with E-state index in [0.29, 0.717) is 18.6 Å². The number of aliphatic imine (C=N–C) groups is 1. The largest absolute Gasteiger partial charge is 0.370 e. The third-order valence-corrected chi connectivity index (χ3v) is 5.57. The molecule has 2 aliphatic rings. The second-order valence-corrected chi connectivity index (χ2v) is 8.21. The number of likely N-dealkylation sites (tertiary alicyclic amines) is 1. The Balaban J connectivity index is 1.58. The summed E-state index contributed by atoms with van der Waals surface area (Å²) in [6.45, 7) is 10.5. The molecule has 7 heteroatoms. The number of guanidine groups is 1. The van der Waals surface area contributed by atoms with Crippen LogP contribution in [0.2, 0.25) is 0 Å². The van der Waals surface area contributed by atoms with E-state index in [4.69, 9.17) is 4.74 Å². The lowest BCUT2D eigenvalue weighted by Gasteiger charge is -2.36. The number of aromatic nitrogens is 2. The maximum atomic E-state index is 5.98. The smallest absolute Gasteiger partial charge is 0.193 e. The molecule has 0 amide bonds. The van der Waals surface area contributed by atoms with Crippen LogP contribution in [0.5, 0.6) is 0 Å². The Labute approximate surface area is 163 Å². The van der Waals surface area contributed by atoms with Gasteiger partial charge >= 0.3 is 0 Å². The third kappa shape index (κ3) is 5.45. The second kappa shape index (κ2) is 9.55. The van der Waals surface area contributed by atoms with Crippen molar-refractivity contribution in [2.45, 2.75) is 45.3 Å². The van der Waals surface area contributed by atoms with Crippen LogP contribution in [0.15, 0.2) is 17.4 Å². The van der Waals surface area contributed by atoms with E-state index in [-0.39, 0.29) is 6.10 Å². The summed E-state index contributed by atoms with van der Waals surface area (Å²) in [5, 5.41) is 7.94. The van der Waals surface area contributed by atoms with Gasteiger partial charge in [0, 0.05) is 45.0 Å². The zero-order valence-electron chi connectivity index (χ0n) is 17.4. The first-order valence-corrected chi connectivity index (χ1v) is 10.4. The molecule has 2 aliphatic heterocycles. The summed E-state index contributed by atoms with van der Waals surface area (Å²) in [5.41, 5.74) is 1.13. The van der Waals surface area contributed by atoms with Gasteiger partial charge in [-0.1, -0.05) is 13.8 Å². The first-order valence-electron chi connectivity index (χ1n) is 10.4. The van der Waals surface area contributed by atoms with Gasteiger partial charge < -0.3 is 15.0 Å². The average molecular weight is 377 g/mol. The van der Waals surface area contributed by atoms with E-state index in [0.717, 1.165) is 31.2 Å². The van der Waals surface area contributed by atoms with Gasteiger partial charge in [0.25, 0.3) is 0 Å². The van der Waals surface area contributed by atoms with Crippen LogP contribution < -0.4 is 5.32 Å². The number of nitrogens with one attached hydrogen (secondary N) is 1. The summed E-state index contributed by atoms with van der Waals surface area (Å²) in [4.78, 5) is 9.53. The zero-order chi connectivity index (χ0) is 19.2. The lowest BCUT2D eigenvalue weighted by Crippen LogP contribution is -2.51. The maximum absolute atomic E-state index is 5.98. The normalized spacial score (nSPS) is 23.2. The first-order chi connectivity index (χ1) is 13.1. The van der Waals surface area contributed by atoms with Crippen LogP contribution in [0.25, 0.3) is 0 Å². The molecule has 0 radical (unpaired) electrons. The number of ether oxygens (including phenoxy) is 1. The summed E-state index contributed by atoms with van der Waals surface area (Å²) in [6.07, 6.45) is 7.88. The van der Waals surface area contributed by atoms with Gasteiger partial charge in [-0.25, -0.2) is 0 Å². The maximum Gasteiger partial charge on any atom is 0.193 e. The number of morpholine rings is 1. The van der Waals surface area contributed by atoms with Gasteiger partial charge in [0.1, 0.15) is 6.10 Å². The number of hydrogen-bond donors (Lipinski definition) is 1. The highest BCUT2D eigenvalue weighted by molar-refractivity contribution is 5.80. The SMILES string of the molecule is CN=C(NCC(CC(C)C)N1CCCC1)N1CCOC(c2cnn(C)c2)C1. The number of nitrogens with zero attached hydrogens (tertiary/aromatic N) is 5. The molecule has 2 fully saturated rings. The van der Waals surface area contributed by atoms with Crippen LogP contribution in [-0.2, 0) is 11.8 Å². The topological polar surface area (TPSA) is 57.9 Å². The minimum absolute atomic E-state index is 0.0519. The Morgan fingerprint density at radius 2 is 2.11 bits per heavy atom. The van der Waals surface area contributed by atoms with E-state index in [1.807, 2.05) is 31.2 Å². The summed E-state index contributed by atoms with van der Waals surface area (Å²) < 4.78 is 7.81. The molecule has 1 aromatic heterocycles. The highest BCUT2D eigenvalue weighted by atomic mass is 16.5. The minimum atomic E-state index is 0.0519. The van der Waals surface area contributed by atoms with Crippen molar-refractivity contribution in [3.8, 4) is 0 Å². The fourth-order valence-corrected chi connectivity index (χ4v) is 4.20. The quantitative estimate of drug-likeness (QED) is 0.607. The molecule has 0 aliphatic carbocycles. The monoisotopic (exact) mass is 376 g/mol. The summed E-state index contributed by atoms with van der Waals surface area (Å²) in [5.74, 6) is 1.69. The minimum Gasteiger partial charge on any atom is -0.370 e. The molecule has 0 aromatic carbocycles. The van der Waals surface area contributed by atoms with Crippen molar-refractivity contribution in [1.82, 2.24) is 24.9 Å². The number of aryl methyl sites for hydroxylation is 1. The Kier molecular flexibility index (Phi) is 7.13. The van der Waals surface area contributed by atoms with Gasteiger partial charge in [-0.15, -0.1) is 0 Å². The van der Waals surface area contributed by atoms with E-state index in [1.54, 1.807) is 0 Å². The Bertz CT molecular complexity index is 607. The van der Waals surface area contributed by atoms with Crippen molar-refractivity contribution in [2.75, 3.05) is 46.4 Å². The van der Waals surface area contributed by atoms with Crippen molar-refractivity contribution in [3.63, 3.8) is 0 Å². The predicted octanol–water partition coefficient (Wildman–Crippen LogP) is 1.88. The molecule has 3 rings (SSSR count). The Morgan fingerprint density at radius 3 is 2.74 bits per heavy atom. The van der Waals surface area contributed by atoms with Crippen molar-refractivity contribution in [2.24, 2.45) is 18.0 Å². The van der Waals surface area contributed by atoms with Crippen molar-refractivity contribution in [1.29, 1.82) is 0 Å². The van der Waals surface area contributed by atoms with Gasteiger partial charge in [-0.2, -0.15) is 5.10 Å². The van der Waals surface area contributed by atoms with Crippen molar-refractivity contribution in [3.05, 3.63) is 18.0 Å². The molecule has 2 atom stereocenters. The van der Waals surface area contributed by atoms with Gasteiger partial charge in [-0.05, 0) is 38.3 Å². The van der Waals surface area contributed by atoms with Gasteiger partial charge in [0.15, 0.2) is 5.96 Å². The molecule has 0 bridgehead atoms. The van der Waals surface area contributed by atoms with E-state index < -0.39 is 0 Å². The molecule has 3 heterocycles. The zero-order valence-corrected chi connectivity index (χ0v) is 17.4. The lowest BCUT2D eigenvalue weighted by molar-refractivity contribution is -0.00814. The van der Waals surface area contributed by atoms with Gasteiger partial charge in [0.05, 0.1) is 19.3 Å². The molecular formula is C20H36N6O. The fourth-order valence-electron chi connectivity index (χ4n) is 4.20. The van der Waals surface area contributed by atoms with E-state index >= 15 is 0 Å². The van der Waals surface area contributed by atoms with Crippen LogP contribution in [0.3, 0.4) is 0 Å². The van der Waals surface area contributed by atoms with E-state index in [2.05, 4.69) is 39.1 Å². The van der Waals surface area contributed by atoms with Crippen molar-refractivity contribution >= 4 is 5.96 Å². The van der Waals surface area contributed by atoms with Crippen LogP contribution in [0.4, 0.5) is 0 Å². The fraction of sp³-hybridized carbons (Fsp3) is 0.800.